The molecular weight excluding hydrogens is 354 g/mol. The molecule has 2 rings (SSSR count). The second kappa shape index (κ2) is 8.56. The number of nitrogens with zero attached hydrogens (tertiary/aromatic N) is 1. The van der Waals surface area contributed by atoms with Gasteiger partial charge >= 0.3 is 5.97 Å². The third-order valence-electron chi connectivity index (χ3n) is 4.61. The van der Waals surface area contributed by atoms with Crippen molar-refractivity contribution < 1.29 is 22.8 Å². The highest BCUT2D eigenvalue weighted by atomic mass is 32.2. The zero-order chi connectivity index (χ0) is 19.2. The number of sulfonamides is 1. The number of benzene rings is 1. The van der Waals surface area contributed by atoms with Crippen LogP contribution in [0.25, 0.3) is 0 Å². The molecule has 0 N–H and O–H groups in total. The average molecular weight is 379 g/mol. The van der Waals surface area contributed by atoms with Crippen LogP contribution in [-0.4, -0.2) is 32.5 Å². The highest BCUT2D eigenvalue weighted by Crippen LogP contribution is 2.37. The molecule has 7 heteroatoms. The Bertz CT molecular complexity index is 783. The first kappa shape index (κ1) is 20.3. The Morgan fingerprint density at radius 1 is 1.19 bits per heavy atom. The molecule has 6 nitrogen and oxygen atoms in total. The van der Waals surface area contributed by atoms with E-state index in [9.17, 15) is 13.2 Å². The molecule has 1 saturated carbocycles. The van der Waals surface area contributed by atoms with E-state index in [1.807, 2.05) is 6.92 Å². The van der Waals surface area contributed by atoms with Crippen LogP contribution < -0.4 is 4.74 Å². The fourth-order valence-electron chi connectivity index (χ4n) is 2.86. The molecule has 0 heterocycles. The quantitative estimate of drug-likeness (QED) is 0.561. The smallest absolute Gasteiger partial charge is 0.332 e. The Kier molecular flexibility index (Phi) is 6.68. The molecule has 1 aromatic carbocycles. The highest BCUT2D eigenvalue weighted by Gasteiger charge is 2.38. The van der Waals surface area contributed by atoms with Gasteiger partial charge in [0.1, 0.15) is 12.4 Å². The predicted molar refractivity (Wildman–Crippen MR) is 97.6 cm³/mol. The van der Waals surface area contributed by atoms with E-state index in [0.29, 0.717) is 23.1 Å². The van der Waals surface area contributed by atoms with E-state index in [1.54, 1.807) is 19.1 Å². The van der Waals surface area contributed by atoms with Gasteiger partial charge in [0.15, 0.2) is 0 Å². The summed E-state index contributed by atoms with van der Waals surface area (Å²) in [5.41, 5.74) is -0.625. The van der Waals surface area contributed by atoms with Crippen LogP contribution in [-0.2, 0) is 19.7 Å². The largest absolute Gasteiger partial charge is 0.481 e. The van der Waals surface area contributed by atoms with Gasteiger partial charge in [-0.25, -0.2) is 13.2 Å². The van der Waals surface area contributed by atoms with Gasteiger partial charge < -0.3 is 9.57 Å². The first-order chi connectivity index (χ1) is 12.3. The summed E-state index contributed by atoms with van der Waals surface area (Å²) in [6, 6.07) is 5.91. The van der Waals surface area contributed by atoms with Crippen molar-refractivity contribution in [1.29, 1.82) is 0 Å². The molecule has 0 aliphatic heterocycles. The number of rotatable bonds is 6. The van der Waals surface area contributed by atoms with Gasteiger partial charge in [0, 0.05) is 7.05 Å². The molecule has 0 unspecified atom stereocenters. The van der Waals surface area contributed by atoms with E-state index in [2.05, 4.69) is 11.8 Å². The van der Waals surface area contributed by atoms with Crippen molar-refractivity contribution in [2.75, 3.05) is 13.7 Å². The Morgan fingerprint density at radius 3 is 2.38 bits per heavy atom. The zero-order valence-electron chi connectivity index (χ0n) is 15.4. The minimum Gasteiger partial charge on any atom is -0.481 e. The lowest BCUT2D eigenvalue weighted by molar-refractivity contribution is -0.180. The van der Waals surface area contributed by atoms with Crippen molar-refractivity contribution in [2.24, 2.45) is 5.41 Å². The third kappa shape index (κ3) is 4.77. The molecule has 1 aliphatic carbocycles. The molecule has 0 aromatic heterocycles. The summed E-state index contributed by atoms with van der Waals surface area (Å²) in [6.07, 6.45) is 4.42. The fourth-order valence-corrected chi connectivity index (χ4v) is 3.80. The number of hydrogen-bond donors (Lipinski definition) is 0. The van der Waals surface area contributed by atoms with Crippen molar-refractivity contribution in [3.05, 3.63) is 24.3 Å². The van der Waals surface area contributed by atoms with Crippen molar-refractivity contribution in [3.8, 4) is 17.6 Å². The summed E-state index contributed by atoms with van der Waals surface area (Å²) in [5, 5.41) is 0. The lowest BCUT2D eigenvalue weighted by Crippen LogP contribution is -2.38. The molecular formula is C19H25NO5S. The second-order valence-electron chi connectivity index (χ2n) is 6.60. The molecule has 1 aromatic rings. The summed E-state index contributed by atoms with van der Waals surface area (Å²) in [4.78, 5) is 17.7. The molecule has 0 saturated heterocycles. The predicted octanol–water partition coefficient (Wildman–Crippen LogP) is 3.14. The molecule has 0 atom stereocenters. The lowest BCUT2D eigenvalue weighted by atomic mass is 9.76. The zero-order valence-corrected chi connectivity index (χ0v) is 16.3. The molecule has 142 valence electrons. The minimum absolute atomic E-state index is 0.0236. The van der Waals surface area contributed by atoms with Crippen LogP contribution in [0.3, 0.4) is 0 Å². The van der Waals surface area contributed by atoms with Gasteiger partial charge in [0.25, 0.3) is 10.0 Å². The Morgan fingerprint density at radius 2 is 1.81 bits per heavy atom. The van der Waals surface area contributed by atoms with E-state index in [-0.39, 0.29) is 11.5 Å². The maximum atomic E-state index is 12.6. The van der Waals surface area contributed by atoms with Gasteiger partial charge in [-0.3, -0.25) is 0 Å². The lowest BCUT2D eigenvalue weighted by Gasteiger charge is -2.32. The minimum atomic E-state index is -3.93. The van der Waals surface area contributed by atoms with Crippen LogP contribution in [0.5, 0.6) is 5.75 Å². The summed E-state index contributed by atoms with van der Waals surface area (Å²) in [6.45, 7) is 3.78. The van der Waals surface area contributed by atoms with E-state index in [4.69, 9.17) is 9.57 Å². The Balaban J connectivity index is 2.05. The number of ether oxygens (including phenoxy) is 1. The van der Waals surface area contributed by atoms with Crippen molar-refractivity contribution in [3.63, 3.8) is 0 Å². The van der Waals surface area contributed by atoms with Gasteiger partial charge in [0.2, 0.25) is 0 Å². The maximum Gasteiger partial charge on any atom is 0.332 e. The molecule has 0 radical (unpaired) electrons. The monoisotopic (exact) mass is 379 g/mol. The van der Waals surface area contributed by atoms with Gasteiger partial charge in [0.05, 0.1) is 10.3 Å². The summed E-state index contributed by atoms with van der Waals surface area (Å²) in [7, 11) is -2.70. The molecule has 0 amide bonds. The third-order valence-corrected chi connectivity index (χ3v) is 6.23. The van der Waals surface area contributed by atoms with Gasteiger partial charge in [-0.05, 0) is 55.4 Å². The average Bonchev–Trinajstić information content (AvgIpc) is 2.63. The first-order valence-corrected chi connectivity index (χ1v) is 10.1. The van der Waals surface area contributed by atoms with Crippen LogP contribution in [0.1, 0.15) is 46.0 Å². The van der Waals surface area contributed by atoms with Crippen LogP contribution in [0.2, 0.25) is 0 Å². The normalized spacial score (nSPS) is 16.5. The fraction of sp³-hybridized carbons (Fsp3) is 0.526. The number of carbonyl (C=O) groups is 1. The SMILES string of the molecule is CC#CCOc1ccc(S(=O)(=O)N(C)OC(=O)C2(C)CCCCC2)cc1. The van der Waals surface area contributed by atoms with E-state index < -0.39 is 21.4 Å². The van der Waals surface area contributed by atoms with Crippen LogP contribution >= 0.6 is 0 Å². The maximum absolute atomic E-state index is 12.6. The van der Waals surface area contributed by atoms with Crippen LogP contribution in [0.15, 0.2) is 29.2 Å². The van der Waals surface area contributed by atoms with Crippen LogP contribution in [0.4, 0.5) is 0 Å². The molecule has 0 bridgehead atoms. The standard InChI is InChI=1S/C19H25NO5S/c1-4-5-15-24-16-9-11-17(12-10-16)26(22,23)20(3)25-18(21)19(2)13-7-6-8-14-19/h9-12H,6-8,13-15H2,1-3H3. The van der Waals surface area contributed by atoms with E-state index in [0.717, 1.165) is 19.3 Å². The second-order valence-corrected chi connectivity index (χ2v) is 8.54. The Labute approximate surface area is 155 Å². The molecule has 1 aliphatic rings. The Hall–Kier alpha value is -2.04. The van der Waals surface area contributed by atoms with E-state index >= 15 is 0 Å². The van der Waals surface area contributed by atoms with Gasteiger partial charge in [-0.1, -0.05) is 25.2 Å². The molecule has 26 heavy (non-hydrogen) atoms. The summed E-state index contributed by atoms with van der Waals surface area (Å²) >= 11 is 0. The van der Waals surface area contributed by atoms with Gasteiger partial charge in [-0.2, -0.15) is 0 Å². The first-order valence-electron chi connectivity index (χ1n) is 8.63. The summed E-state index contributed by atoms with van der Waals surface area (Å²) < 4.78 is 31.2. The molecule has 1 fully saturated rings. The van der Waals surface area contributed by atoms with E-state index in [1.165, 1.54) is 19.2 Å². The van der Waals surface area contributed by atoms with Crippen LogP contribution in [0, 0.1) is 17.3 Å². The highest BCUT2D eigenvalue weighted by molar-refractivity contribution is 7.89. The number of hydroxylamine groups is 1. The van der Waals surface area contributed by atoms with Crippen molar-refractivity contribution >= 4 is 16.0 Å². The van der Waals surface area contributed by atoms with Gasteiger partial charge in [-0.15, -0.1) is 5.92 Å². The molecule has 0 spiro atoms. The van der Waals surface area contributed by atoms with Crippen molar-refractivity contribution in [2.45, 2.75) is 50.8 Å². The van der Waals surface area contributed by atoms with Crippen molar-refractivity contribution in [1.82, 2.24) is 4.47 Å². The number of carbonyl (C=O) groups excluding carboxylic acids is 1. The summed E-state index contributed by atoms with van der Waals surface area (Å²) in [5.74, 6) is 5.49. The topological polar surface area (TPSA) is 72.9 Å². The number of hydrogen-bond acceptors (Lipinski definition) is 5.